The molecule has 4 heteroatoms. The average molecular weight is 784 g/mol. The summed E-state index contributed by atoms with van der Waals surface area (Å²) in [5.41, 5.74) is 17.7. The number of furan rings is 3. The van der Waals surface area contributed by atoms with Gasteiger partial charge < -0.3 is 18.2 Å². The monoisotopic (exact) mass is 783 g/mol. The second-order valence-electron chi connectivity index (χ2n) is 16.8. The highest BCUT2D eigenvalue weighted by atomic mass is 16.3. The first-order chi connectivity index (χ1) is 30.0. The molecule has 0 saturated heterocycles. The van der Waals surface area contributed by atoms with Crippen LogP contribution < -0.4 is 4.90 Å². The predicted octanol–water partition coefficient (Wildman–Crippen LogP) is 16.5. The molecule has 1 aliphatic carbocycles. The summed E-state index contributed by atoms with van der Waals surface area (Å²) >= 11 is 0. The Labute approximate surface area is 351 Å². The van der Waals surface area contributed by atoms with Crippen molar-refractivity contribution in [2.75, 3.05) is 4.90 Å². The second kappa shape index (κ2) is 12.6. The maximum atomic E-state index is 6.99. The number of hydrogen-bond donors (Lipinski definition) is 0. The number of anilines is 3. The first kappa shape index (κ1) is 34.1. The van der Waals surface area contributed by atoms with Gasteiger partial charge in [0.15, 0.2) is 5.58 Å². The van der Waals surface area contributed by atoms with Gasteiger partial charge in [-0.2, -0.15) is 0 Å². The van der Waals surface area contributed by atoms with Crippen molar-refractivity contribution in [1.29, 1.82) is 0 Å². The van der Waals surface area contributed by atoms with Gasteiger partial charge in [0.25, 0.3) is 0 Å². The quantitative estimate of drug-likeness (QED) is 0.174. The lowest BCUT2D eigenvalue weighted by Gasteiger charge is -2.28. The number of rotatable bonds is 5. The van der Waals surface area contributed by atoms with E-state index in [1.807, 2.05) is 18.2 Å². The average Bonchev–Trinajstić information content (AvgIpc) is 4.04. The van der Waals surface area contributed by atoms with E-state index >= 15 is 0 Å². The molecule has 0 unspecified atom stereocenters. The van der Waals surface area contributed by atoms with E-state index in [0.29, 0.717) is 0 Å². The van der Waals surface area contributed by atoms with E-state index in [2.05, 4.69) is 189 Å². The van der Waals surface area contributed by atoms with Gasteiger partial charge in [-0.15, -0.1) is 0 Å². The maximum absolute atomic E-state index is 6.99. The summed E-state index contributed by atoms with van der Waals surface area (Å²) in [6.45, 7) is 4.67. The Bertz CT molecular complexity index is 3730. The lowest BCUT2D eigenvalue weighted by molar-refractivity contribution is 0.660. The SMILES string of the molecule is CC1(C)c2ccccc2-c2ccc(N(c3ccc(-c4cccc5c4oc4ccccc45)cc3)c3cccc4c3oc3cc5c(cc34)oc3cc(-c4ccccc4)ccc35)cc21. The molecule has 0 N–H and O–H groups in total. The molecule has 3 heterocycles. The van der Waals surface area contributed by atoms with E-state index in [1.54, 1.807) is 0 Å². The van der Waals surface area contributed by atoms with Crippen molar-refractivity contribution in [2.45, 2.75) is 19.3 Å². The Kier molecular flexibility index (Phi) is 7.04. The van der Waals surface area contributed by atoms with Crippen LogP contribution in [0.1, 0.15) is 25.0 Å². The van der Waals surface area contributed by atoms with Gasteiger partial charge in [-0.1, -0.05) is 141 Å². The number of nitrogens with zero attached hydrogens (tertiary/aromatic N) is 1. The van der Waals surface area contributed by atoms with Gasteiger partial charge in [0.2, 0.25) is 0 Å². The van der Waals surface area contributed by atoms with Crippen LogP contribution in [0.25, 0.3) is 99.2 Å². The molecule has 3 aromatic heterocycles. The maximum Gasteiger partial charge on any atom is 0.159 e. The number of benzene rings is 9. The molecule has 4 nitrogen and oxygen atoms in total. The van der Waals surface area contributed by atoms with E-state index in [1.165, 1.54) is 22.3 Å². The molecule has 1 aliphatic rings. The highest BCUT2D eigenvalue weighted by Crippen LogP contribution is 2.52. The minimum absolute atomic E-state index is 0.160. The highest BCUT2D eigenvalue weighted by molar-refractivity contribution is 6.17. The largest absolute Gasteiger partial charge is 0.456 e. The third-order valence-corrected chi connectivity index (χ3v) is 13.1. The van der Waals surface area contributed by atoms with Gasteiger partial charge in [-0.25, -0.2) is 0 Å². The van der Waals surface area contributed by atoms with Crippen molar-refractivity contribution in [1.82, 2.24) is 0 Å². The van der Waals surface area contributed by atoms with Gasteiger partial charge >= 0.3 is 0 Å². The Morgan fingerprint density at radius 1 is 0.344 bits per heavy atom. The molecule has 0 fully saturated rings. The minimum atomic E-state index is -0.160. The van der Waals surface area contributed by atoms with Crippen molar-refractivity contribution in [3.05, 3.63) is 199 Å². The van der Waals surface area contributed by atoms with Crippen molar-refractivity contribution >= 4 is 82.9 Å². The van der Waals surface area contributed by atoms with Gasteiger partial charge in [0, 0.05) is 54.7 Å². The molecule has 0 spiro atoms. The van der Waals surface area contributed by atoms with Crippen LogP contribution in [0.15, 0.2) is 201 Å². The van der Waals surface area contributed by atoms with Crippen LogP contribution >= 0.6 is 0 Å². The Balaban J connectivity index is 0.981. The van der Waals surface area contributed by atoms with Crippen LogP contribution in [0.5, 0.6) is 0 Å². The summed E-state index contributed by atoms with van der Waals surface area (Å²) in [4.78, 5) is 2.35. The van der Waals surface area contributed by atoms with Gasteiger partial charge in [-0.05, 0) is 99.6 Å². The van der Waals surface area contributed by atoms with Crippen LogP contribution in [-0.2, 0) is 5.41 Å². The normalized spacial score (nSPS) is 13.2. The predicted molar refractivity (Wildman–Crippen MR) is 251 cm³/mol. The van der Waals surface area contributed by atoms with Crippen molar-refractivity contribution in [3.63, 3.8) is 0 Å². The molecule has 0 amide bonds. The first-order valence-electron chi connectivity index (χ1n) is 20.9. The van der Waals surface area contributed by atoms with Gasteiger partial charge in [0.05, 0.1) is 5.69 Å². The minimum Gasteiger partial charge on any atom is -0.456 e. The number of hydrogen-bond acceptors (Lipinski definition) is 4. The molecule has 9 aromatic carbocycles. The Hall–Kier alpha value is -7.82. The van der Waals surface area contributed by atoms with Crippen molar-refractivity contribution in [2.24, 2.45) is 0 Å². The fraction of sp³-hybridized carbons (Fsp3) is 0.0526. The summed E-state index contributed by atoms with van der Waals surface area (Å²) in [7, 11) is 0. The van der Waals surface area contributed by atoms with E-state index in [-0.39, 0.29) is 5.41 Å². The molecular weight excluding hydrogens is 747 g/mol. The Morgan fingerprint density at radius 3 is 1.82 bits per heavy atom. The standard InChI is InChI=1S/C57H37NO3/c1-57(2)48-19-8-6-14-40(48)41-29-27-38(31-49(41)57)58(37-25-22-35(23-26-37)39-16-10-17-44-42-15-7-9-21-51(42)60-55(39)44)50-20-11-18-45-47-33-53-46(32-54(47)61-56(45)50)43-28-24-36(30-52(43)59-53)34-12-4-3-5-13-34/h3-33H,1-2H3. The second-order valence-corrected chi connectivity index (χ2v) is 16.8. The topological polar surface area (TPSA) is 42.7 Å². The first-order valence-corrected chi connectivity index (χ1v) is 20.9. The molecule has 13 rings (SSSR count). The Morgan fingerprint density at radius 2 is 0.951 bits per heavy atom. The zero-order valence-electron chi connectivity index (χ0n) is 33.6. The lowest BCUT2D eigenvalue weighted by Crippen LogP contribution is -2.16. The number of para-hydroxylation sites is 3. The molecule has 0 saturated carbocycles. The van der Waals surface area contributed by atoms with Crippen LogP contribution in [0, 0.1) is 0 Å². The number of fused-ring (bicyclic) bond motifs is 12. The van der Waals surface area contributed by atoms with E-state index < -0.39 is 0 Å². The fourth-order valence-electron chi connectivity index (χ4n) is 10.1. The zero-order valence-corrected chi connectivity index (χ0v) is 33.6. The van der Waals surface area contributed by atoms with Crippen LogP contribution in [0.2, 0.25) is 0 Å². The third kappa shape index (κ3) is 5.00. The summed E-state index contributed by atoms with van der Waals surface area (Å²) < 4.78 is 20.0. The molecule has 0 bridgehead atoms. The molecule has 288 valence electrons. The van der Waals surface area contributed by atoms with Crippen molar-refractivity contribution in [3.8, 4) is 33.4 Å². The van der Waals surface area contributed by atoms with Crippen LogP contribution in [0.4, 0.5) is 17.1 Å². The molecule has 0 atom stereocenters. The molecule has 0 aliphatic heterocycles. The summed E-state index contributed by atoms with van der Waals surface area (Å²) in [5, 5.41) is 6.40. The van der Waals surface area contributed by atoms with Crippen LogP contribution in [-0.4, -0.2) is 0 Å². The highest BCUT2D eigenvalue weighted by Gasteiger charge is 2.36. The summed E-state index contributed by atoms with van der Waals surface area (Å²) in [5.74, 6) is 0. The van der Waals surface area contributed by atoms with Gasteiger partial charge in [0.1, 0.15) is 27.9 Å². The van der Waals surface area contributed by atoms with Gasteiger partial charge in [-0.3, -0.25) is 0 Å². The zero-order chi connectivity index (χ0) is 40.4. The summed E-state index contributed by atoms with van der Waals surface area (Å²) in [6, 6.07) is 66.9. The van der Waals surface area contributed by atoms with Crippen LogP contribution in [0.3, 0.4) is 0 Å². The smallest absolute Gasteiger partial charge is 0.159 e. The molecule has 61 heavy (non-hydrogen) atoms. The van der Waals surface area contributed by atoms with E-state index in [0.717, 1.165) is 105 Å². The fourth-order valence-corrected chi connectivity index (χ4v) is 10.1. The molecule has 0 radical (unpaired) electrons. The van der Waals surface area contributed by atoms with E-state index in [9.17, 15) is 0 Å². The van der Waals surface area contributed by atoms with E-state index in [4.69, 9.17) is 13.3 Å². The van der Waals surface area contributed by atoms with Crippen molar-refractivity contribution < 1.29 is 13.3 Å². The lowest BCUT2D eigenvalue weighted by atomic mass is 9.82. The molecule has 12 aromatic rings. The third-order valence-electron chi connectivity index (χ3n) is 13.1. The summed E-state index contributed by atoms with van der Waals surface area (Å²) in [6.07, 6.45) is 0. The molecular formula is C57H37NO3.